The first-order valence-electron chi connectivity index (χ1n) is 7.21. The summed E-state index contributed by atoms with van der Waals surface area (Å²) in [6.07, 6.45) is -4.38. The fraction of sp³-hybridized carbons (Fsp3) is 0.471. The van der Waals surface area contributed by atoms with Crippen molar-refractivity contribution in [1.82, 2.24) is 0 Å². The summed E-state index contributed by atoms with van der Waals surface area (Å²) in [5, 5.41) is 5.64. The zero-order valence-corrected chi connectivity index (χ0v) is 13.4. The third-order valence-electron chi connectivity index (χ3n) is 3.73. The molecule has 124 valence electrons. The highest BCUT2D eigenvalue weighted by molar-refractivity contribution is 5.63. The largest absolute Gasteiger partial charge is 0.404 e. The molecule has 6 heteroatoms. The van der Waals surface area contributed by atoms with Crippen LogP contribution in [0.1, 0.15) is 30.5 Å². The van der Waals surface area contributed by atoms with Gasteiger partial charge in [0.1, 0.15) is 5.41 Å². The minimum atomic E-state index is -4.38. The molecule has 0 aromatic heterocycles. The molecule has 1 heterocycles. The van der Waals surface area contributed by atoms with Crippen molar-refractivity contribution < 1.29 is 17.9 Å². The minimum Gasteiger partial charge on any atom is -0.375 e. The number of fused-ring (bicyclic) bond motifs is 1. The van der Waals surface area contributed by atoms with Gasteiger partial charge < -0.3 is 4.74 Å². The number of hydrogen-bond donors (Lipinski definition) is 0. The Hall–Kier alpha value is -2.00. The number of aryl methyl sites for hydroxylation is 1. The Morgan fingerprint density at radius 2 is 2.00 bits per heavy atom. The van der Waals surface area contributed by atoms with E-state index < -0.39 is 11.6 Å². The quantitative estimate of drug-likeness (QED) is 0.578. The van der Waals surface area contributed by atoms with Crippen molar-refractivity contribution in [2.75, 3.05) is 18.2 Å². The lowest BCUT2D eigenvalue weighted by Crippen LogP contribution is -2.30. The molecule has 2 rings (SSSR count). The summed E-state index contributed by atoms with van der Waals surface area (Å²) in [7, 11) is 0. The molecule has 1 aromatic carbocycles. The second kappa shape index (κ2) is 6.25. The van der Waals surface area contributed by atoms with Gasteiger partial charge in [-0.3, -0.25) is 5.01 Å². The maximum absolute atomic E-state index is 13.0. The molecule has 0 bridgehead atoms. The molecular weight excluding hydrogens is 305 g/mol. The second-order valence-electron chi connectivity index (χ2n) is 6.00. The number of benzene rings is 1. The zero-order valence-electron chi connectivity index (χ0n) is 13.4. The van der Waals surface area contributed by atoms with E-state index in [1.54, 1.807) is 11.1 Å². The van der Waals surface area contributed by atoms with Gasteiger partial charge in [0.2, 0.25) is 0 Å². The Morgan fingerprint density at radius 3 is 2.61 bits per heavy atom. The Morgan fingerprint density at radius 1 is 1.30 bits per heavy atom. The van der Waals surface area contributed by atoms with Crippen LogP contribution in [0.25, 0.3) is 0 Å². The van der Waals surface area contributed by atoms with Crippen molar-refractivity contribution >= 4 is 12.4 Å². The summed E-state index contributed by atoms with van der Waals surface area (Å²) < 4.78 is 44.4. The standard InChI is InChI=1S/C17H19F3N2O/c1-12-9-13(5-6-16(2,3)17(18,19)20)14-11-23-8-7-22(21-4)15(14)10-12/h9-10H,4,7-8,11H2,1-3H3. The molecule has 0 N–H and O–H groups in total. The van der Waals surface area contributed by atoms with E-state index in [0.717, 1.165) is 30.7 Å². The van der Waals surface area contributed by atoms with E-state index in [0.29, 0.717) is 18.7 Å². The molecule has 0 unspecified atom stereocenters. The van der Waals surface area contributed by atoms with Gasteiger partial charge in [0, 0.05) is 17.8 Å². The summed E-state index contributed by atoms with van der Waals surface area (Å²) in [6.45, 7) is 8.85. The number of anilines is 1. The van der Waals surface area contributed by atoms with Crippen LogP contribution in [0.2, 0.25) is 0 Å². The predicted octanol–water partition coefficient (Wildman–Crippen LogP) is 3.89. The van der Waals surface area contributed by atoms with Crippen molar-refractivity contribution in [3.05, 3.63) is 28.8 Å². The third kappa shape index (κ3) is 3.67. The van der Waals surface area contributed by atoms with Crippen molar-refractivity contribution in [2.24, 2.45) is 10.5 Å². The summed E-state index contributed by atoms with van der Waals surface area (Å²) in [4.78, 5) is 0. The zero-order chi connectivity index (χ0) is 17.3. The number of hydrogen-bond acceptors (Lipinski definition) is 3. The van der Waals surface area contributed by atoms with E-state index in [1.807, 2.05) is 13.0 Å². The van der Waals surface area contributed by atoms with Gasteiger partial charge >= 0.3 is 6.18 Å². The maximum atomic E-state index is 13.0. The molecule has 0 aliphatic carbocycles. The van der Waals surface area contributed by atoms with Gasteiger partial charge in [0.25, 0.3) is 0 Å². The van der Waals surface area contributed by atoms with Gasteiger partial charge in [-0.2, -0.15) is 18.3 Å². The van der Waals surface area contributed by atoms with Crippen LogP contribution in [0.5, 0.6) is 0 Å². The maximum Gasteiger partial charge on any atom is 0.404 e. The molecule has 3 nitrogen and oxygen atoms in total. The van der Waals surface area contributed by atoms with Crippen LogP contribution in [0.3, 0.4) is 0 Å². The van der Waals surface area contributed by atoms with Crippen molar-refractivity contribution in [1.29, 1.82) is 0 Å². The van der Waals surface area contributed by atoms with E-state index in [-0.39, 0.29) is 6.61 Å². The first-order chi connectivity index (χ1) is 10.7. The highest BCUT2D eigenvalue weighted by Gasteiger charge is 2.46. The lowest BCUT2D eigenvalue weighted by molar-refractivity contribution is -0.190. The molecule has 0 radical (unpaired) electrons. The van der Waals surface area contributed by atoms with Crippen molar-refractivity contribution in [2.45, 2.75) is 33.6 Å². The molecule has 0 spiro atoms. The van der Waals surface area contributed by atoms with Crippen LogP contribution < -0.4 is 5.01 Å². The molecular formula is C17H19F3N2O. The first kappa shape index (κ1) is 17.4. The van der Waals surface area contributed by atoms with E-state index in [9.17, 15) is 13.2 Å². The topological polar surface area (TPSA) is 24.8 Å². The highest BCUT2D eigenvalue weighted by Crippen LogP contribution is 2.37. The summed E-state index contributed by atoms with van der Waals surface area (Å²) in [5.41, 5.74) is 0.880. The number of halogens is 3. The van der Waals surface area contributed by atoms with E-state index in [1.165, 1.54) is 0 Å². The molecule has 0 fully saturated rings. The molecule has 0 atom stereocenters. The molecule has 0 saturated carbocycles. The van der Waals surface area contributed by atoms with Gasteiger partial charge in [-0.1, -0.05) is 11.8 Å². The summed E-state index contributed by atoms with van der Waals surface area (Å²) in [5.74, 6) is 5.04. The van der Waals surface area contributed by atoms with Crippen LogP contribution in [-0.2, 0) is 11.3 Å². The summed E-state index contributed by atoms with van der Waals surface area (Å²) in [6, 6.07) is 3.69. The fourth-order valence-corrected chi connectivity index (χ4v) is 2.18. The normalized spacial score (nSPS) is 15.3. The summed E-state index contributed by atoms with van der Waals surface area (Å²) >= 11 is 0. The molecule has 0 amide bonds. The van der Waals surface area contributed by atoms with E-state index in [2.05, 4.69) is 23.7 Å². The fourth-order valence-electron chi connectivity index (χ4n) is 2.18. The Balaban J connectivity index is 2.53. The van der Waals surface area contributed by atoms with Crippen molar-refractivity contribution in [3.8, 4) is 11.8 Å². The number of alkyl halides is 3. The SMILES string of the molecule is C=NN1CCOCc2c(C#CC(C)(C)C(F)(F)F)cc(C)cc21. The molecule has 0 saturated heterocycles. The van der Waals surface area contributed by atoms with Crippen LogP contribution in [-0.4, -0.2) is 26.0 Å². The molecule has 23 heavy (non-hydrogen) atoms. The molecule has 1 aliphatic heterocycles. The van der Waals surface area contributed by atoms with Crippen LogP contribution in [0, 0.1) is 24.2 Å². The smallest absolute Gasteiger partial charge is 0.375 e. The van der Waals surface area contributed by atoms with Crippen molar-refractivity contribution in [3.63, 3.8) is 0 Å². The highest BCUT2D eigenvalue weighted by atomic mass is 19.4. The minimum absolute atomic E-state index is 0.290. The number of rotatable bonds is 1. The first-order valence-corrected chi connectivity index (χ1v) is 7.21. The monoisotopic (exact) mass is 324 g/mol. The predicted molar refractivity (Wildman–Crippen MR) is 84.4 cm³/mol. The third-order valence-corrected chi connectivity index (χ3v) is 3.73. The second-order valence-corrected chi connectivity index (χ2v) is 6.00. The average molecular weight is 324 g/mol. The van der Waals surface area contributed by atoms with E-state index >= 15 is 0 Å². The van der Waals surface area contributed by atoms with Gasteiger partial charge in [-0.05, 0) is 38.5 Å². The molecule has 1 aromatic rings. The van der Waals surface area contributed by atoms with Gasteiger partial charge in [0.05, 0.1) is 25.4 Å². The van der Waals surface area contributed by atoms with Crippen LogP contribution in [0.4, 0.5) is 18.9 Å². The number of ether oxygens (including phenoxy) is 1. The van der Waals surface area contributed by atoms with Gasteiger partial charge in [-0.15, -0.1) is 0 Å². The van der Waals surface area contributed by atoms with Crippen LogP contribution in [0.15, 0.2) is 17.2 Å². The Labute approximate surface area is 134 Å². The van der Waals surface area contributed by atoms with E-state index in [4.69, 9.17) is 4.74 Å². The number of hydrazone groups is 1. The Kier molecular flexibility index (Phi) is 4.71. The van der Waals surface area contributed by atoms with Gasteiger partial charge in [-0.25, -0.2) is 0 Å². The lowest BCUT2D eigenvalue weighted by Gasteiger charge is -2.22. The Bertz CT molecular complexity index is 669. The average Bonchev–Trinajstić information content (AvgIpc) is 2.65. The number of nitrogens with zero attached hydrogens (tertiary/aromatic N) is 2. The molecule has 1 aliphatic rings. The lowest BCUT2D eigenvalue weighted by atomic mass is 9.92. The van der Waals surface area contributed by atoms with Gasteiger partial charge in [0.15, 0.2) is 0 Å². The van der Waals surface area contributed by atoms with Crippen LogP contribution >= 0.6 is 0 Å².